The lowest BCUT2D eigenvalue weighted by Gasteiger charge is -2.11. The van der Waals surface area contributed by atoms with Gasteiger partial charge in [-0.25, -0.2) is 18.1 Å². The van der Waals surface area contributed by atoms with Gasteiger partial charge in [-0.3, -0.25) is 0 Å². The Morgan fingerprint density at radius 2 is 2.00 bits per heavy atom. The highest BCUT2D eigenvalue weighted by Crippen LogP contribution is 2.20. The Hall–Kier alpha value is -1.75. The number of benzene rings is 1. The van der Waals surface area contributed by atoms with Crippen molar-refractivity contribution >= 4 is 21.4 Å². The van der Waals surface area contributed by atoms with E-state index in [0.29, 0.717) is 5.56 Å². The monoisotopic (exact) mass is 307 g/mol. The summed E-state index contributed by atoms with van der Waals surface area (Å²) < 4.78 is 27.0. The zero-order valence-electron chi connectivity index (χ0n) is 11.0. The molecule has 0 saturated heterocycles. The second-order valence-electron chi connectivity index (χ2n) is 4.31. The van der Waals surface area contributed by atoms with E-state index in [1.54, 1.807) is 6.92 Å². The van der Waals surface area contributed by atoms with Crippen molar-refractivity contribution < 1.29 is 8.42 Å². The van der Waals surface area contributed by atoms with Crippen LogP contribution < -0.4 is 4.72 Å². The number of aromatic nitrogens is 1. The Kier molecular flexibility index (Phi) is 4.18. The number of aryl methyl sites for hydroxylation is 1. The molecule has 0 spiro atoms. The van der Waals surface area contributed by atoms with E-state index in [-0.39, 0.29) is 4.90 Å². The van der Waals surface area contributed by atoms with Gasteiger partial charge in [-0.15, -0.1) is 11.3 Å². The van der Waals surface area contributed by atoms with Crippen LogP contribution in [-0.2, 0) is 10.0 Å². The molecule has 0 aliphatic heterocycles. The van der Waals surface area contributed by atoms with Crippen molar-refractivity contribution in [2.45, 2.75) is 24.8 Å². The Bertz CT molecular complexity index is 743. The summed E-state index contributed by atoms with van der Waals surface area (Å²) in [4.78, 5) is 4.40. The maximum absolute atomic E-state index is 12.2. The standard InChI is InChI=1S/C13H13N3O2S2/c1-9-8-19-13(15-9)10(2)16-20(17,18)12-5-3-11(7-14)4-6-12/h3-6,8,10,16H,1-2H3. The molecule has 7 heteroatoms. The van der Waals surface area contributed by atoms with Crippen LogP contribution in [0.3, 0.4) is 0 Å². The molecule has 0 fully saturated rings. The van der Waals surface area contributed by atoms with Crippen molar-refractivity contribution in [2.24, 2.45) is 0 Å². The fourth-order valence-electron chi connectivity index (χ4n) is 1.63. The second kappa shape index (κ2) is 5.71. The minimum Gasteiger partial charge on any atom is -0.245 e. The Balaban J connectivity index is 2.20. The third kappa shape index (κ3) is 3.22. The van der Waals surface area contributed by atoms with E-state index in [1.807, 2.05) is 18.4 Å². The fraction of sp³-hybridized carbons (Fsp3) is 0.231. The lowest BCUT2D eigenvalue weighted by atomic mass is 10.2. The van der Waals surface area contributed by atoms with Gasteiger partial charge in [0.1, 0.15) is 5.01 Å². The zero-order valence-corrected chi connectivity index (χ0v) is 12.6. The molecule has 1 aromatic heterocycles. The number of hydrogen-bond donors (Lipinski definition) is 1. The Morgan fingerprint density at radius 1 is 1.35 bits per heavy atom. The number of sulfonamides is 1. The maximum atomic E-state index is 12.2. The van der Waals surface area contributed by atoms with Crippen molar-refractivity contribution in [1.29, 1.82) is 5.26 Å². The first-order chi connectivity index (χ1) is 9.42. The van der Waals surface area contributed by atoms with Crippen molar-refractivity contribution in [2.75, 3.05) is 0 Å². The van der Waals surface area contributed by atoms with Crippen LogP contribution in [0.5, 0.6) is 0 Å². The second-order valence-corrected chi connectivity index (χ2v) is 6.91. The molecule has 1 heterocycles. The molecule has 20 heavy (non-hydrogen) atoms. The zero-order chi connectivity index (χ0) is 14.8. The SMILES string of the molecule is Cc1csc(C(C)NS(=O)(=O)c2ccc(C#N)cc2)n1. The number of rotatable bonds is 4. The van der Waals surface area contributed by atoms with Gasteiger partial charge in [-0.2, -0.15) is 5.26 Å². The molecule has 2 rings (SSSR count). The fourth-order valence-corrected chi connectivity index (χ4v) is 3.72. The van der Waals surface area contributed by atoms with E-state index in [0.717, 1.165) is 10.7 Å². The maximum Gasteiger partial charge on any atom is 0.241 e. The molecular formula is C13H13N3O2S2. The van der Waals surface area contributed by atoms with Crippen LogP contribution in [-0.4, -0.2) is 13.4 Å². The molecule has 0 radical (unpaired) electrons. The molecule has 1 N–H and O–H groups in total. The minimum absolute atomic E-state index is 0.136. The van der Waals surface area contributed by atoms with E-state index >= 15 is 0 Å². The van der Waals surface area contributed by atoms with E-state index in [4.69, 9.17) is 5.26 Å². The molecule has 0 saturated carbocycles. The van der Waals surface area contributed by atoms with E-state index in [1.165, 1.54) is 35.6 Å². The first kappa shape index (κ1) is 14.7. The summed E-state index contributed by atoms with van der Waals surface area (Å²) in [6.07, 6.45) is 0. The number of hydrogen-bond acceptors (Lipinski definition) is 5. The average molecular weight is 307 g/mol. The van der Waals surface area contributed by atoms with E-state index in [9.17, 15) is 8.42 Å². The van der Waals surface area contributed by atoms with Crippen LogP contribution in [0.2, 0.25) is 0 Å². The normalized spacial score (nSPS) is 12.8. The minimum atomic E-state index is -3.62. The van der Waals surface area contributed by atoms with Gasteiger partial charge in [0, 0.05) is 11.1 Å². The molecule has 1 atom stereocenters. The quantitative estimate of drug-likeness (QED) is 0.940. The van der Waals surface area contributed by atoms with Gasteiger partial charge in [0.05, 0.1) is 22.6 Å². The first-order valence-electron chi connectivity index (χ1n) is 5.87. The number of nitrogens with zero attached hydrogens (tertiary/aromatic N) is 2. The van der Waals surface area contributed by atoms with Crippen LogP contribution in [0.4, 0.5) is 0 Å². The molecular weight excluding hydrogens is 294 g/mol. The predicted octanol–water partition coefficient (Wildman–Crippen LogP) is 2.36. The molecule has 104 valence electrons. The van der Waals surface area contributed by atoms with Crippen molar-refractivity contribution in [3.63, 3.8) is 0 Å². The lowest BCUT2D eigenvalue weighted by Crippen LogP contribution is -2.26. The van der Waals surface area contributed by atoms with Gasteiger partial charge in [-0.05, 0) is 38.1 Å². The smallest absolute Gasteiger partial charge is 0.241 e. The summed E-state index contributed by atoms with van der Waals surface area (Å²) in [5.74, 6) is 0. The molecule has 1 aromatic carbocycles. The van der Waals surface area contributed by atoms with Crippen LogP contribution in [0.1, 0.15) is 29.2 Å². The van der Waals surface area contributed by atoms with E-state index in [2.05, 4.69) is 9.71 Å². The summed E-state index contributed by atoms with van der Waals surface area (Å²) in [7, 11) is -3.62. The largest absolute Gasteiger partial charge is 0.245 e. The molecule has 5 nitrogen and oxygen atoms in total. The number of thiazole rings is 1. The molecule has 0 aliphatic rings. The number of nitrogens with one attached hydrogen (secondary N) is 1. The summed E-state index contributed by atoms with van der Waals surface area (Å²) in [5, 5.41) is 11.3. The lowest BCUT2D eigenvalue weighted by molar-refractivity contribution is 0.566. The molecule has 2 aromatic rings. The van der Waals surface area contributed by atoms with E-state index < -0.39 is 16.1 Å². The van der Waals surface area contributed by atoms with Crippen molar-refractivity contribution in [1.82, 2.24) is 9.71 Å². The summed E-state index contributed by atoms with van der Waals surface area (Å²) in [6.45, 7) is 3.61. The van der Waals surface area contributed by atoms with Gasteiger partial charge in [-0.1, -0.05) is 0 Å². The van der Waals surface area contributed by atoms with Crippen molar-refractivity contribution in [3.8, 4) is 6.07 Å². The van der Waals surface area contributed by atoms with Gasteiger partial charge in [0.15, 0.2) is 0 Å². The van der Waals surface area contributed by atoms with Crippen molar-refractivity contribution in [3.05, 3.63) is 45.9 Å². The van der Waals surface area contributed by atoms with Crippen LogP contribution >= 0.6 is 11.3 Å². The summed E-state index contributed by atoms with van der Waals surface area (Å²) >= 11 is 1.42. The highest BCUT2D eigenvalue weighted by molar-refractivity contribution is 7.89. The predicted molar refractivity (Wildman–Crippen MR) is 76.7 cm³/mol. The number of nitriles is 1. The van der Waals surface area contributed by atoms with Gasteiger partial charge < -0.3 is 0 Å². The Labute approximate surface area is 122 Å². The van der Waals surface area contributed by atoms with Crippen LogP contribution in [0.25, 0.3) is 0 Å². The average Bonchev–Trinajstić information content (AvgIpc) is 2.85. The highest BCUT2D eigenvalue weighted by Gasteiger charge is 2.20. The molecule has 1 unspecified atom stereocenters. The van der Waals surface area contributed by atoms with Gasteiger partial charge in [0.2, 0.25) is 10.0 Å². The van der Waals surface area contributed by atoms with Crippen LogP contribution in [0, 0.1) is 18.3 Å². The summed E-state index contributed by atoms with van der Waals surface area (Å²) in [5.41, 5.74) is 1.29. The molecule has 0 bridgehead atoms. The first-order valence-corrected chi connectivity index (χ1v) is 8.23. The van der Waals surface area contributed by atoms with Gasteiger partial charge >= 0.3 is 0 Å². The third-order valence-corrected chi connectivity index (χ3v) is 5.33. The third-order valence-electron chi connectivity index (χ3n) is 2.63. The topological polar surface area (TPSA) is 82.9 Å². The molecule has 0 amide bonds. The van der Waals surface area contributed by atoms with Gasteiger partial charge in [0.25, 0.3) is 0 Å². The molecule has 0 aliphatic carbocycles. The van der Waals surface area contributed by atoms with Crippen LogP contribution in [0.15, 0.2) is 34.5 Å². The highest BCUT2D eigenvalue weighted by atomic mass is 32.2. The summed E-state index contributed by atoms with van der Waals surface area (Å²) in [6, 6.07) is 7.35. The Morgan fingerprint density at radius 3 is 2.50 bits per heavy atom.